The fraction of sp³-hybridized carbons (Fsp3) is 0.158. The molecule has 2 heterocycles. The third kappa shape index (κ3) is 10.9. The van der Waals surface area contributed by atoms with Gasteiger partial charge >= 0.3 is 11.9 Å². The first-order valence-electron chi connectivity index (χ1n) is 16.9. The van der Waals surface area contributed by atoms with Gasteiger partial charge in [0.15, 0.2) is 0 Å². The van der Waals surface area contributed by atoms with Crippen molar-refractivity contribution in [2.24, 2.45) is 0 Å². The summed E-state index contributed by atoms with van der Waals surface area (Å²) >= 11 is 25.0. The molecule has 20 heteroatoms. The Morgan fingerprint density at radius 2 is 0.983 bits per heavy atom. The Morgan fingerprint density at radius 1 is 0.638 bits per heavy atom. The number of benzene rings is 4. The molecule has 3 N–H and O–H groups in total. The number of nitrogens with one attached hydrogen (secondary N) is 2. The molecule has 2 unspecified atom stereocenters. The summed E-state index contributed by atoms with van der Waals surface area (Å²) in [5.41, 5.74) is 2.10. The van der Waals surface area contributed by atoms with E-state index in [-0.39, 0.29) is 50.9 Å². The Labute approximate surface area is 348 Å². The first kappa shape index (κ1) is 43.2. The molecule has 14 nitrogen and oxygen atoms in total. The van der Waals surface area contributed by atoms with Crippen LogP contribution in [0.4, 0.5) is 8.78 Å². The van der Waals surface area contributed by atoms with E-state index in [0.717, 1.165) is 12.1 Å². The van der Waals surface area contributed by atoms with Gasteiger partial charge in [0, 0.05) is 13.1 Å². The minimum Gasteiger partial charge on any atom is -0.481 e. The van der Waals surface area contributed by atoms with E-state index >= 15 is 0 Å². The number of nitrogens with zero attached hydrogens (tertiary/aromatic N) is 6. The lowest BCUT2D eigenvalue weighted by atomic mass is 9.99. The largest absolute Gasteiger partial charge is 0.481 e. The van der Waals surface area contributed by atoms with Crippen LogP contribution in [0.15, 0.2) is 98.1 Å². The molecule has 2 aromatic heterocycles. The highest BCUT2D eigenvalue weighted by Crippen LogP contribution is 2.30. The van der Waals surface area contributed by atoms with Gasteiger partial charge in [0.25, 0.3) is 11.8 Å². The van der Waals surface area contributed by atoms with Crippen LogP contribution >= 0.6 is 46.4 Å². The number of amides is 2. The van der Waals surface area contributed by atoms with E-state index in [1.54, 1.807) is 28.2 Å². The van der Waals surface area contributed by atoms with Gasteiger partial charge in [-0.2, -0.15) is 0 Å². The fourth-order valence-corrected chi connectivity index (χ4v) is 6.70. The van der Waals surface area contributed by atoms with E-state index in [1.165, 1.54) is 73.8 Å². The number of halogens is 6. The number of aromatic nitrogens is 6. The van der Waals surface area contributed by atoms with Crippen molar-refractivity contribution in [3.8, 4) is 11.4 Å². The van der Waals surface area contributed by atoms with Gasteiger partial charge in [-0.3, -0.25) is 28.3 Å². The molecular formula is C38H30Cl4F2N8O6. The molecule has 0 saturated heterocycles. The molecule has 58 heavy (non-hydrogen) atoms. The van der Waals surface area contributed by atoms with E-state index in [9.17, 15) is 33.1 Å². The number of carboxylic acids is 1. The van der Waals surface area contributed by atoms with Gasteiger partial charge in [0.1, 0.15) is 36.9 Å². The van der Waals surface area contributed by atoms with Gasteiger partial charge in [-0.05, 0) is 66.6 Å². The van der Waals surface area contributed by atoms with Crippen molar-refractivity contribution in [3.05, 3.63) is 152 Å². The maximum Gasteiger partial charge on any atom is 0.315 e. The number of esters is 1. The number of aliphatic carboxylic acids is 1. The smallest absolute Gasteiger partial charge is 0.315 e. The summed E-state index contributed by atoms with van der Waals surface area (Å²) in [6.45, 7) is 1.55. The Balaban J connectivity index is 0.000000221. The number of hydrogen-bond acceptors (Lipinski definition) is 9. The molecule has 2 amide bonds. The summed E-state index contributed by atoms with van der Waals surface area (Å²) in [4.78, 5) is 49.1. The summed E-state index contributed by atoms with van der Waals surface area (Å²) in [6.07, 6.45) is 5.83. The number of hydrogen-bond donors (Lipinski definition) is 3. The van der Waals surface area contributed by atoms with E-state index in [4.69, 9.17) is 51.1 Å². The van der Waals surface area contributed by atoms with Gasteiger partial charge in [-0.15, -0.1) is 20.4 Å². The maximum absolute atomic E-state index is 13.2. The minimum atomic E-state index is -1.16. The molecule has 0 spiro atoms. The van der Waals surface area contributed by atoms with Crippen molar-refractivity contribution in [2.75, 3.05) is 19.7 Å². The highest BCUT2D eigenvalue weighted by Gasteiger charge is 2.26. The van der Waals surface area contributed by atoms with Crippen LogP contribution in [0.1, 0.15) is 50.6 Å². The molecule has 6 aromatic rings. The lowest BCUT2D eigenvalue weighted by molar-refractivity contribution is -0.144. The summed E-state index contributed by atoms with van der Waals surface area (Å²) in [5, 5.41) is 29.8. The Hall–Kier alpha value is -5.94. The zero-order valence-corrected chi connectivity index (χ0v) is 33.0. The van der Waals surface area contributed by atoms with Gasteiger partial charge in [0.2, 0.25) is 0 Å². The van der Waals surface area contributed by atoms with Crippen LogP contribution in [0.2, 0.25) is 20.1 Å². The Morgan fingerprint density at radius 3 is 1.33 bits per heavy atom. The standard InChI is InChI=1S/C20H17Cl2FN4O3.C18H13Cl2FN4O3/c1-2-30-20(29)15(12-3-5-13(23)6-4-12)9-24-19(28)18-16(21)7-14(8-17(18)22)27-10-25-26-11-27;19-14-5-12(25-8-23-24-9-25)6-15(20)16(14)17(26)22-7-13(18(27)28)10-1-3-11(21)4-2-10/h3-8,10-11,15H,2,9H2,1H3,(H,24,28);1-6,8-9,13H,7H2,(H,22,26)(H,27,28). The second kappa shape index (κ2) is 20.0. The van der Waals surface area contributed by atoms with Gasteiger partial charge in [-0.1, -0.05) is 70.7 Å². The minimum absolute atomic E-state index is 0.0170. The second-order valence-corrected chi connectivity index (χ2v) is 13.7. The van der Waals surface area contributed by atoms with Crippen molar-refractivity contribution in [2.45, 2.75) is 18.8 Å². The quantitative estimate of drug-likeness (QED) is 0.101. The SMILES string of the molecule is CCOC(=O)C(CNC(=O)c1c(Cl)cc(-n2cnnc2)cc1Cl)c1ccc(F)cc1.O=C(NCC(C(=O)O)c1ccc(F)cc1)c1c(Cl)cc(-n2cnnc2)cc1Cl. The average Bonchev–Trinajstić information content (AvgIpc) is 3.92. The van der Waals surface area contributed by atoms with E-state index in [1.807, 2.05) is 0 Å². The van der Waals surface area contributed by atoms with E-state index in [2.05, 4.69) is 31.0 Å². The molecule has 0 saturated carbocycles. The molecule has 0 fully saturated rings. The van der Waals surface area contributed by atoms with Crippen molar-refractivity contribution in [3.63, 3.8) is 0 Å². The molecule has 0 bridgehead atoms. The summed E-state index contributed by atoms with van der Waals surface area (Å²) < 4.78 is 34.5. The van der Waals surface area contributed by atoms with Crippen molar-refractivity contribution in [1.29, 1.82) is 0 Å². The zero-order valence-electron chi connectivity index (χ0n) is 30.0. The average molecular weight is 875 g/mol. The number of rotatable bonds is 13. The molecule has 0 radical (unpaired) electrons. The fourth-order valence-electron chi connectivity index (χ4n) is 5.40. The predicted molar refractivity (Wildman–Crippen MR) is 210 cm³/mol. The molecule has 2 atom stereocenters. The first-order valence-corrected chi connectivity index (χ1v) is 18.4. The third-order valence-electron chi connectivity index (χ3n) is 8.29. The normalized spacial score (nSPS) is 11.8. The molecule has 0 aliphatic heterocycles. The molecular weight excluding hydrogens is 844 g/mol. The van der Waals surface area contributed by atoms with Gasteiger partial charge < -0.3 is 20.5 Å². The molecule has 300 valence electrons. The zero-order chi connectivity index (χ0) is 41.9. The maximum atomic E-state index is 13.2. The highest BCUT2D eigenvalue weighted by atomic mass is 35.5. The lowest BCUT2D eigenvalue weighted by Gasteiger charge is -2.17. The van der Waals surface area contributed by atoms with Crippen LogP contribution in [0.5, 0.6) is 0 Å². The summed E-state index contributed by atoms with van der Waals surface area (Å²) in [5.74, 6) is -5.67. The number of carbonyl (C=O) groups is 4. The van der Waals surface area contributed by atoms with Crippen LogP contribution in [-0.4, -0.2) is 78.1 Å². The molecule has 4 aromatic carbocycles. The Bertz CT molecular complexity index is 2340. The van der Waals surface area contributed by atoms with E-state index in [0.29, 0.717) is 22.5 Å². The van der Waals surface area contributed by atoms with Crippen molar-refractivity contribution in [1.82, 2.24) is 40.2 Å². The van der Waals surface area contributed by atoms with Crippen LogP contribution in [-0.2, 0) is 14.3 Å². The lowest BCUT2D eigenvalue weighted by Crippen LogP contribution is -2.33. The predicted octanol–water partition coefficient (Wildman–Crippen LogP) is 7.10. The van der Waals surface area contributed by atoms with Crippen molar-refractivity contribution < 1.29 is 37.8 Å². The molecule has 0 aliphatic carbocycles. The molecule has 6 rings (SSSR count). The number of carbonyl (C=O) groups excluding carboxylic acids is 3. The van der Waals surface area contributed by atoms with Gasteiger partial charge in [-0.25, -0.2) is 8.78 Å². The summed E-state index contributed by atoms with van der Waals surface area (Å²) in [6, 6.07) is 16.6. The first-order chi connectivity index (χ1) is 27.8. The van der Waals surface area contributed by atoms with E-state index < -0.39 is 47.2 Å². The number of carboxylic acid groups (broad SMARTS) is 1. The highest BCUT2D eigenvalue weighted by molar-refractivity contribution is 6.40. The topological polar surface area (TPSA) is 183 Å². The molecule has 0 aliphatic rings. The van der Waals surface area contributed by atoms with Crippen LogP contribution in [0.3, 0.4) is 0 Å². The monoisotopic (exact) mass is 872 g/mol. The number of ether oxygens (including phenoxy) is 1. The van der Waals surface area contributed by atoms with Crippen LogP contribution in [0, 0.1) is 11.6 Å². The van der Waals surface area contributed by atoms with Crippen molar-refractivity contribution >= 4 is 70.2 Å². The van der Waals surface area contributed by atoms with Crippen LogP contribution < -0.4 is 10.6 Å². The summed E-state index contributed by atoms with van der Waals surface area (Å²) in [7, 11) is 0. The van der Waals surface area contributed by atoms with Gasteiger partial charge in [0.05, 0.1) is 61.0 Å². The second-order valence-electron chi connectivity index (χ2n) is 12.0. The third-order valence-corrected chi connectivity index (χ3v) is 9.48. The Kier molecular flexibility index (Phi) is 14.9. The van der Waals surface area contributed by atoms with Crippen LogP contribution in [0.25, 0.3) is 11.4 Å².